The number of methoxy groups -OCH3 is 1. The number of hydrogen-bond donors (Lipinski definition) is 0. The largest absolute Gasteiger partial charge is 0.496 e. The zero-order valence-corrected chi connectivity index (χ0v) is 12.3. The van der Waals surface area contributed by atoms with E-state index in [2.05, 4.69) is 15.9 Å². The van der Waals surface area contributed by atoms with Gasteiger partial charge < -0.3 is 4.74 Å². The standard InChI is InChI=1S/C16H15BrO2/c1-19-16-11-13(17)8-9-14(16)15(18)10-7-12-5-3-2-4-6-12/h2-6,8-9,11H,7,10H2,1H3. The molecule has 3 heteroatoms. The molecule has 0 amide bonds. The van der Waals surface area contributed by atoms with E-state index in [1.165, 1.54) is 5.56 Å². The first-order valence-electron chi connectivity index (χ1n) is 6.11. The first kappa shape index (κ1) is 13.8. The van der Waals surface area contributed by atoms with Crippen LogP contribution < -0.4 is 4.74 Å². The van der Waals surface area contributed by atoms with Gasteiger partial charge >= 0.3 is 0 Å². The maximum absolute atomic E-state index is 12.2. The minimum Gasteiger partial charge on any atom is -0.496 e. The molecule has 2 nitrogen and oxygen atoms in total. The molecule has 0 aliphatic rings. The summed E-state index contributed by atoms with van der Waals surface area (Å²) in [6.45, 7) is 0. The Hall–Kier alpha value is -1.61. The lowest BCUT2D eigenvalue weighted by Crippen LogP contribution is -2.03. The fraction of sp³-hybridized carbons (Fsp3) is 0.188. The van der Waals surface area contributed by atoms with Crippen LogP contribution in [0.15, 0.2) is 53.0 Å². The van der Waals surface area contributed by atoms with Crippen LogP contribution in [0, 0.1) is 0 Å². The Morgan fingerprint density at radius 3 is 2.58 bits per heavy atom. The molecule has 0 radical (unpaired) electrons. The number of ketones is 1. The molecule has 0 spiro atoms. The number of carbonyl (C=O) groups is 1. The molecule has 98 valence electrons. The summed E-state index contributed by atoms with van der Waals surface area (Å²) in [5.74, 6) is 0.723. The van der Waals surface area contributed by atoms with Crippen molar-refractivity contribution in [1.29, 1.82) is 0 Å². The Balaban J connectivity index is 2.08. The molecule has 0 unspecified atom stereocenters. The number of carbonyl (C=O) groups excluding carboxylic acids is 1. The van der Waals surface area contributed by atoms with E-state index in [0.717, 1.165) is 10.9 Å². The molecule has 0 saturated carbocycles. The van der Waals surface area contributed by atoms with Crippen LogP contribution in [0.4, 0.5) is 0 Å². The molecule has 2 aromatic rings. The van der Waals surface area contributed by atoms with E-state index in [0.29, 0.717) is 17.7 Å². The van der Waals surface area contributed by atoms with Crippen LogP contribution in [0.3, 0.4) is 0 Å². The Morgan fingerprint density at radius 2 is 1.89 bits per heavy atom. The monoisotopic (exact) mass is 318 g/mol. The Labute approximate surface area is 121 Å². The molecular weight excluding hydrogens is 304 g/mol. The number of ether oxygens (including phenoxy) is 1. The SMILES string of the molecule is COc1cc(Br)ccc1C(=O)CCc1ccccc1. The van der Waals surface area contributed by atoms with E-state index in [1.807, 2.05) is 42.5 Å². The molecule has 0 aliphatic heterocycles. The van der Waals surface area contributed by atoms with Crippen LogP contribution in [0.25, 0.3) is 0 Å². The third-order valence-corrected chi connectivity index (χ3v) is 3.44. The summed E-state index contributed by atoms with van der Waals surface area (Å²) < 4.78 is 6.15. The van der Waals surface area contributed by atoms with Crippen molar-refractivity contribution in [3.8, 4) is 5.75 Å². The number of halogens is 1. The van der Waals surface area contributed by atoms with Crippen LogP contribution >= 0.6 is 15.9 Å². The van der Waals surface area contributed by atoms with Gasteiger partial charge in [-0.3, -0.25) is 4.79 Å². The van der Waals surface area contributed by atoms with E-state index in [4.69, 9.17) is 4.74 Å². The van der Waals surface area contributed by atoms with Crippen molar-refractivity contribution in [3.05, 3.63) is 64.1 Å². The average Bonchev–Trinajstić information content (AvgIpc) is 2.45. The van der Waals surface area contributed by atoms with Gasteiger partial charge in [-0.15, -0.1) is 0 Å². The van der Waals surface area contributed by atoms with Crippen LogP contribution in [0.2, 0.25) is 0 Å². The second-order valence-electron chi connectivity index (χ2n) is 4.25. The van der Waals surface area contributed by atoms with E-state index in [9.17, 15) is 4.79 Å². The van der Waals surface area contributed by atoms with Crippen molar-refractivity contribution >= 4 is 21.7 Å². The zero-order valence-electron chi connectivity index (χ0n) is 10.7. The number of benzene rings is 2. The van der Waals surface area contributed by atoms with Gasteiger partial charge in [0.15, 0.2) is 5.78 Å². The molecule has 0 fully saturated rings. The third-order valence-electron chi connectivity index (χ3n) is 2.95. The van der Waals surface area contributed by atoms with Gasteiger partial charge in [0.2, 0.25) is 0 Å². The van der Waals surface area contributed by atoms with Gasteiger partial charge in [0, 0.05) is 10.9 Å². The zero-order chi connectivity index (χ0) is 13.7. The highest BCUT2D eigenvalue weighted by Crippen LogP contribution is 2.25. The van der Waals surface area contributed by atoms with Crippen molar-refractivity contribution in [2.45, 2.75) is 12.8 Å². The first-order valence-corrected chi connectivity index (χ1v) is 6.90. The third kappa shape index (κ3) is 3.67. The molecule has 2 rings (SSSR count). The van der Waals surface area contributed by atoms with Crippen LogP contribution in [0.5, 0.6) is 5.75 Å². The minimum atomic E-state index is 0.105. The van der Waals surface area contributed by atoms with Gasteiger partial charge in [0.1, 0.15) is 5.75 Å². The molecule has 0 atom stereocenters. The number of rotatable bonds is 5. The highest BCUT2D eigenvalue weighted by Gasteiger charge is 2.12. The summed E-state index contributed by atoms with van der Waals surface area (Å²) in [6.07, 6.45) is 1.24. The quantitative estimate of drug-likeness (QED) is 0.769. The summed E-state index contributed by atoms with van der Waals surface area (Å²) in [6, 6.07) is 15.5. The topological polar surface area (TPSA) is 26.3 Å². The normalized spacial score (nSPS) is 10.2. The molecule has 0 N–H and O–H groups in total. The minimum absolute atomic E-state index is 0.105. The molecule has 0 saturated heterocycles. The summed E-state index contributed by atoms with van der Waals surface area (Å²) in [7, 11) is 1.58. The summed E-state index contributed by atoms with van der Waals surface area (Å²) >= 11 is 3.37. The van der Waals surface area contributed by atoms with Crippen molar-refractivity contribution in [3.63, 3.8) is 0 Å². The average molecular weight is 319 g/mol. The Morgan fingerprint density at radius 1 is 1.16 bits per heavy atom. The molecule has 19 heavy (non-hydrogen) atoms. The highest BCUT2D eigenvalue weighted by atomic mass is 79.9. The molecule has 0 heterocycles. The summed E-state index contributed by atoms with van der Waals surface area (Å²) in [5, 5.41) is 0. The second-order valence-corrected chi connectivity index (χ2v) is 5.17. The predicted octanol–water partition coefficient (Wildman–Crippen LogP) is 4.27. The van der Waals surface area contributed by atoms with Gasteiger partial charge in [-0.1, -0.05) is 46.3 Å². The molecule has 0 aliphatic carbocycles. The fourth-order valence-corrected chi connectivity index (χ4v) is 2.27. The van der Waals surface area contributed by atoms with Crippen LogP contribution in [-0.4, -0.2) is 12.9 Å². The molecule has 2 aromatic carbocycles. The van der Waals surface area contributed by atoms with Gasteiger partial charge in [-0.05, 0) is 30.2 Å². The van der Waals surface area contributed by atoms with Crippen molar-refractivity contribution < 1.29 is 9.53 Å². The lowest BCUT2D eigenvalue weighted by Gasteiger charge is -2.08. The second kappa shape index (κ2) is 6.53. The molecule has 0 aromatic heterocycles. The summed E-state index contributed by atoms with van der Waals surface area (Å²) in [4.78, 5) is 12.2. The highest BCUT2D eigenvalue weighted by molar-refractivity contribution is 9.10. The summed E-state index contributed by atoms with van der Waals surface area (Å²) in [5.41, 5.74) is 1.81. The van der Waals surface area contributed by atoms with E-state index in [1.54, 1.807) is 13.2 Å². The van der Waals surface area contributed by atoms with E-state index in [-0.39, 0.29) is 5.78 Å². The maximum atomic E-state index is 12.2. The number of hydrogen-bond acceptors (Lipinski definition) is 2. The maximum Gasteiger partial charge on any atom is 0.166 e. The fourth-order valence-electron chi connectivity index (χ4n) is 1.93. The van der Waals surface area contributed by atoms with Crippen LogP contribution in [0.1, 0.15) is 22.3 Å². The van der Waals surface area contributed by atoms with E-state index < -0.39 is 0 Å². The molecule has 0 bridgehead atoms. The predicted molar refractivity (Wildman–Crippen MR) is 79.8 cm³/mol. The van der Waals surface area contributed by atoms with Gasteiger partial charge in [-0.2, -0.15) is 0 Å². The Kier molecular flexibility index (Phi) is 4.74. The number of aryl methyl sites for hydroxylation is 1. The smallest absolute Gasteiger partial charge is 0.166 e. The van der Waals surface area contributed by atoms with Gasteiger partial charge in [-0.25, -0.2) is 0 Å². The van der Waals surface area contributed by atoms with Crippen molar-refractivity contribution in [1.82, 2.24) is 0 Å². The van der Waals surface area contributed by atoms with Crippen molar-refractivity contribution in [2.75, 3.05) is 7.11 Å². The lowest BCUT2D eigenvalue weighted by molar-refractivity contribution is 0.0980. The van der Waals surface area contributed by atoms with E-state index >= 15 is 0 Å². The van der Waals surface area contributed by atoms with Crippen molar-refractivity contribution in [2.24, 2.45) is 0 Å². The lowest BCUT2D eigenvalue weighted by atomic mass is 10.0. The Bertz CT molecular complexity index is 564. The van der Waals surface area contributed by atoms with Gasteiger partial charge in [0.25, 0.3) is 0 Å². The molecular formula is C16H15BrO2. The first-order chi connectivity index (χ1) is 9.20. The van der Waals surface area contributed by atoms with Crippen LogP contribution in [-0.2, 0) is 6.42 Å². The van der Waals surface area contributed by atoms with Gasteiger partial charge in [0.05, 0.1) is 12.7 Å². The number of Topliss-reactive ketones (excluding diaryl/α,β-unsaturated/α-hetero) is 1.